The highest BCUT2D eigenvalue weighted by Gasteiger charge is 2.13. The minimum absolute atomic E-state index is 0.857. The van der Waals surface area contributed by atoms with Gasteiger partial charge in [-0.3, -0.25) is 9.98 Å². The lowest BCUT2D eigenvalue weighted by molar-refractivity contribution is 0.939. The molecule has 0 atom stereocenters. The first-order chi connectivity index (χ1) is 14.8. The van der Waals surface area contributed by atoms with Crippen LogP contribution in [0.2, 0.25) is 0 Å². The predicted molar refractivity (Wildman–Crippen MR) is 125 cm³/mol. The number of aromatic nitrogens is 2. The fraction of sp³-hybridized carbons (Fsp3) is 0.273. The Bertz CT molecular complexity index is 1210. The van der Waals surface area contributed by atoms with Crippen molar-refractivity contribution in [1.82, 2.24) is 20.6 Å². The monoisotopic (exact) mass is 432 g/mol. The van der Waals surface area contributed by atoms with Gasteiger partial charge in [0, 0.05) is 37.1 Å². The maximum absolute atomic E-state index is 4.83. The molecule has 2 aromatic carbocycles. The van der Waals surface area contributed by atoms with Crippen LogP contribution in [0.4, 0.5) is 0 Å². The topological polar surface area (TPSA) is 74.6 Å². The fourth-order valence-corrected chi connectivity index (χ4v) is 5.86. The highest BCUT2D eigenvalue weighted by molar-refractivity contribution is 7.19. The van der Waals surface area contributed by atoms with Crippen LogP contribution in [0.3, 0.4) is 0 Å². The molecule has 0 unspecified atom stereocenters. The van der Waals surface area contributed by atoms with Crippen LogP contribution in [-0.4, -0.2) is 47.8 Å². The Kier molecular flexibility index (Phi) is 4.46. The molecular weight excluding hydrogens is 412 g/mol. The summed E-state index contributed by atoms with van der Waals surface area (Å²) in [6.07, 6.45) is 1.82. The minimum Gasteiger partial charge on any atom is -0.368 e. The molecule has 6 rings (SSSR count). The average molecular weight is 433 g/mol. The van der Waals surface area contributed by atoms with Gasteiger partial charge in [-0.25, -0.2) is 9.97 Å². The number of amidine groups is 2. The van der Waals surface area contributed by atoms with Crippen molar-refractivity contribution in [3.05, 3.63) is 57.5 Å². The summed E-state index contributed by atoms with van der Waals surface area (Å²) in [5, 5.41) is 9.00. The summed E-state index contributed by atoms with van der Waals surface area (Å²) in [6, 6.07) is 12.8. The van der Waals surface area contributed by atoms with Crippen LogP contribution in [0.5, 0.6) is 0 Å². The van der Waals surface area contributed by atoms with Gasteiger partial charge in [0.05, 0.1) is 43.5 Å². The number of nitrogens with zero attached hydrogens (tertiary/aromatic N) is 4. The first kappa shape index (κ1) is 18.0. The molecule has 4 heterocycles. The SMILES string of the molecule is c1cc2nc(CCc3nc4ccc(C5=NCCN5)cc4s3)sc2cc1C1=NCCN1. The Morgan fingerprint density at radius 3 is 1.63 bits per heavy atom. The molecule has 2 N–H and O–H groups in total. The number of aliphatic imine (C=N–C) groups is 2. The van der Waals surface area contributed by atoms with E-state index in [4.69, 9.17) is 9.97 Å². The molecule has 6 nitrogen and oxygen atoms in total. The Hall–Kier alpha value is -2.84. The van der Waals surface area contributed by atoms with E-state index in [-0.39, 0.29) is 0 Å². The van der Waals surface area contributed by atoms with Gasteiger partial charge < -0.3 is 10.6 Å². The van der Waals surface area contributed by atoms with E-state index in [1.807, 2.05) is 0 Å². The van der Waals surface area contributed by atoms with E-state index in [1.165, 1.54) is 9.40 Å². The molecule has 0 spiro atoms. The van der Waals surface area contributed by atoms with Gasteiger partial charge in [0.1, 0.15) is 11.7 Å². The van der Waals surface area contributed by atoms with E-state index in [0.29, 0.717) is 0 Å². The molecule has 0 amide bonds. The van der Waals surface area contributed by atoms with Crippen molar-refractivity contribution in [1.29, 1.82) is 0 Å². The summed E-state index contributed by atoms with van der Waals surface area (Å²) < 4.78 is 2.44. The lowest BCUT2D eigenvalue weighted by Crippen LogP contribution is -2.19. The number of nitrogens with one attached hydrogen (secondary N) is 2. The lowest BCUT2D eigenvalue weighted by atomic mass is 10.2. The highest BCUT2D eigenvalue weighted by atomic mass is 32.1. The molecule has 2 aliphatic rings. The number of hydrogen-bond donors (Lipinski definition) is 2. The standard InChI is InChI=1S/C22H20N6S2/c1-3-15-17(11-13(1)21-23-7-8-24-21)29-19(27-15)5-6-20-28-16-4-2-14(12-18(16)30-20)22-25-9-10-26-22/h1-4,11-12H,5-10H2,(H,23,24)(H,25,26). The number of hydrogen-bond acceptors (Lipinski definition) is 8. The van der Waals surface area contributed by atoms with Crippen LogP contribution in [0, 0.1) is 0 Å². The molecule has 0 saturated carbocycles. The average Bonchev–Trinajstić information content (AvgIpc) is 3.56. The molecule has 0 radical (unpaired) electrons. The van der Waals surface area contributed by atoms with Crippen molar-refractivity contribution in [2.45, 2.75) is 12.8 Å². The smallest absolute Gasteiger partial charge is 0.128 e. The van der Waals surface area contributed by atoms with Gasteiger partial charge in [-0.05, 0) is 36.4 Å². The minimum atomic E-state index is 0.857. The Labute approximate surface area is 181 Å². The van der Waals surface area contributed by atoms with E-state index >= 15 is 0 Å². The van der Waals surface area contributed by atoms with Crippen LogP contribution in [0.15, 0.2) is 46.4 Å². The van der Waals surface area contributed by atoms with Crippen molar-refractivity contribution < 1.29 is 0 Å². The van der Waals surface area contributed by atoms with Crippen LogP contribution in [-0.2, 0) is 12.8 Å². The zero-order valence-corrected chi connectivity index (χ0v) is 17.9. The van der Waals surface area contributed by atoms with Crippen molar-refractivity contribution in [2.24, 2.45) is 9.98 Å². The van der Waals surface area contributed by atoms with Gasteiger partial charge in [0.25, 0.3) is 0 Å². The van der Waals surface area contributed by atoms with Crippen molar-refractivity contribution in [3.63, 3.8) is 0 Å². The molecule has 2 aliphatic heterocycles. The molecule has 0 fully saturated rings. The molecular formula is C22H20N6S2. The summed E-state index contributed by atoms with van der Waals surface area (Å²) in [5.41, 5.74) is 4.43. The van der Waals surface area contributed by atoms with Crippen LogP contribution in [0.25, 0.3) is 20.4 Å². The Balaban J connectivity index is 1.20. The molecule has 4 aromatic rings. The second-order valence-electron chi connectivity index (χ2n) is 7.39. The van der Waals surface area contributed by atoms with Gasteiger partial charge in [0.15, 0.2) is 0 Å². The second-order valence-corrected chi connectivity index (χ2v) is 9.62. The first-order valence-corrected chi connectivity index (χ1v) is 11.8. The number of aryl methyl sites for hydroxylation is 2. The van der Waals surface area contributed by atoms with Gasteiger partial charge >= 0.3 is 0 Å². The van der Waals surface area contributed by atoms with Crippen LogP contribution < -0.4 is 10.6 Å². The molecule has 2 aromatic heterocycles. The lowest BCUT2D eigenvalue weighted by Gasteiger charge is -2.01. The highest BCUT2D eigenvalue weighted by Crippen LogP contribution is 2.27. The first-order valence-electron chi connectivity index (χ1n) is 10.2. The van der Waals surface area contributed by atoms with Crippen LogP contribution >= 0.6 is 22.7 Å². The fourth-order valence-electron chi connectivity index (χ4n) is 3.85. The predicted octanol–water partition coefficient (Wildman–Crippen LogP) is 3.39. The Morgan fingerprint density at radius 2 is 1.20 bits per heavy atom. The van der Waals surface area contributed by atoms with Gasteiger partial charge in [-0.2, -0.15) is 0 Å². The van der Waals surface area contributed by atoms with Crippen molar-refractivity contribution >= 4 is 54.8 Å². The third-order valence-electron chi connectivity index (χ3n) is 5.31. The third-order valence-corrected chi connectivity index (χ3v) is 7.47. The number of benzene rings is 2. The maximum atomic E-state index is 4.83. The molecule has 0 bridgehead atoms. The normalized spacial score (nSPS) is 16.0. The number of rotatable bonds is 5. The van der Waals surface area contributed by atoms with Gasteiger partial charge in [-0.1, -0.05) is 0 Å². The quantitative estimate of drug-likeness (QED) is 0.507. The zero-order valence-electron chi connectivity index (χ0n) is 16.3. The molecule has 0 saturated heterocycles. The van der Waals surface area contributed by atoms with Crippen molar-refractivity contribution in [3.8, 4) is 0 Å². The van der Waals surface area contributed by atoms with Gasteiger partial charge in [-0.15, -0.1) is 22.7 Å². The summed E-state index contributed by atoms with van der Waals surface area (Å²) in [7, 11) is 0. The molecule has 8 heteroatoms. The summed E-state index contributed by atoms with van der Waals surface area (Å²) >= 11 is 3.55. The number of fused-ring (bicyclic) bond motifs is 2. The van der Waals surface area contributed by atoms with E-state index < -0.39 is 0 Å². The Morgan fingerprint density at radius 1 is 0.700 bits per heavy atom. The van der Waals surface area contributed by atoms with E-state index in [0.717, 1.165) is 82.9 Å². The van der Waals surface area contributed by atoms with Crippen LogP contribution in [0.1, 0.15) is 21.1 Å². The van der Waals surface area contributed by atoms with E-state index in [2.05, 4.69) is 57.0 Å². The maximum Gasteiger partial charge on any atom is 0.128 e. The number of thiazole rings is 2. The molecule has 30 heavy (non-hydrogen) atoms. The summed E-state index contributed by atoms with van der Waals surface area (Å²) in [5.74, 6) is 2.00. The second kappa shape index (κ2) is 7.45. The molecule has 150 valence electrons. The van der Waals surface area contributed by atoms with E-state index in [1.54, 1.807) is 22.7 Å². The zero-order chi connectivity index (χ0) is 19.9. The summed E-state index contributed by atoms with van der Waals surface area (Å²) in [6.45, 7) is 3.57. The van der Waals surface area contributed by atoms with Crippen molar-refractivity contribution in [2.75, 3.05) is 26.2 Å². The van der Waals surface area contributed by atoms with E-state index in [9.17, 15) is 0 Å². The molecule has 0 aliphatic carbocycles. The summed E-state index contributed by atoms with van der Waals surface area (Å²) in [4.78, 5) is 18.7. The van der Waals surface area contributed by atoms with Gasteiger partial charge in [0.2, 0.25) is 0 Å². The largest absolute Gasteiger partial charge is 0.368 e. The third kappa shape index (κ3) is 3.36.